The Morgan fingerprint density at radius 3 is 2.53 bits per heavy atom. The van der Waals surface area contributed by atoms with Gasteiger partial charge in [0.1, 0.15) is 5.82 Å². The number of benzene rings is 2. The number of hydrogen-bond donors (Lipinski definition) is 2. The van der Waals surface area contributed by atoms with E-state index in [1.165, 1.54) is 12.1 Å². The molecule has 0 saturated heterocycles. The quantitative estimate of drug-likeness (QED) is 0.824. The van der Waals surface area contributed by atoms with Crippen LogP contribution in [0, 0.1) is 5.82 Å². The lowest BCUT2D eigenvalue weighted by molar-refractivity contribution is 0.102. The third kappa shape index (κ3) is 2.97. The number of carbonyl (C=O) groups excluding carboxylic acids is 1. The number of hydrogen-bond acceptors (Lipinski definition) is 2. The number of nitrogen functional groups attached to an aromatic ring is 1. The predicted molar refractivity (Wildman–Crippen MR) is 75.2 cm³/mol. The van der Waals surface area contributed by atoms with Gasteiger partial charge in [-0.15, -0.1) is 0 Å². The molecule has 0 aromatic heterocycles. The number of rotatable bonds is 2. The van der Waals surface area contributed by atoms with Crippen LogP contribution in [0.15, 0.2) is 36.4 Å². The van der Waals surface area contributed by atoms with E-state index in [1.807, 2.05) is 0 Å². The van der Waals surface area contributed by atoms with Gasteiger partial charge in [-0.3, -0.25) is 4.79 Å². The highest BCUT2D eigenvalue weighted by molar-refractivity contribution is 6.34. The average Bonchev–Trinajstić information content (AvgIpc) is 2.37. The number of amides is 1. The van der Waals surface area contributed by atoms with Gasteiger partial charge in [0, 0.05) is 5.56 Å². The Morgan fingerprint density at radius 2 is 1.89 bits per heavy atom. The van der Waals surface area contributed by atoms with Gasteiger partial charge >= 0.3 is 0 Å². The zero-order valence-electron chi connectivity index (χ0n) is 9.58. The number of para-hydroxylation sites is 1. The molecule has 0 fully saturated rings. The highest BCUT2D eigenvalue weighted by Gasteiger charge is 2.12. The van der Waals surface area contributed by atoms with Gasteiger partial charge in [0.25, 0.3) is 5.91 Å². The smallest absolute Gasteiger partial charge is 0.255 e. The molecule has 6 heteroatoms. The topological polar surface area (TPSA) is 55.1 Å². The van der Waals surface area contributed by atoms with Crippen LogP contribution in [-0.4, -0.2) is 5.91 Å². The molecule has 3 N–H and O–H groups in total. The summed E-state index contributed by atoms with van der Waals surface area (Å²) in [5.41, 5.74) is 6.46. The maximum atomic E-state index is 13.3. The molecule has 0 radical (unpaired) electrons. The normalized spacial score (nSPS) is 10.3. The maximum absolute atomic E-state index is 13.3. The minimum Gasteiger partial charge on any atom is -0.397 e. The summed E-state index contributed by atoms with van der Waals surface area (Å²) in [5, 5.41) is 2.80. The summed E-state index contributed by atoms with van der Waals surface area (Å²) in [5.74, 6) is -1.18. The van der Waals surface area contributed by atoms with Gasteiger partial charge in [0.15, 0.2) is 0 Å². The zero-order chi connectivity index (χ0) is 14.0. The van der Waals surface area contributed by atoms with Gasteiger partial charge in [-0.05, 0) is 30.3 Å². The van der Waals surface area contributed by atoms with Crippen molar-refractivity contribution < 1.29 is 9.18 Å². The summed E-state index contributed by atoms with van der Waals surface area (Å²) in [7, 11) is 0. The standard InChI is InChI=1S/C13H9Cl2FN2O/c14-8-5-4-7(6-10(8)16)13(19)18-12-9(15)2-1-3-11(12)17/h1-6H,17H2,(H,18,19). The Bertz CT molecular complexity index is 626. The average molecular weight is 299 g/mol. The van der Waals surface area contributed by atoms with Gasteiger partial charge in [0.2, 0.25) is 0 Å². The molecule has 0 bridgehead atoms. The maximum Gasteiger partial charge on any atom is 0.255 e. The Morgan fingerprint density at radius 1 is 1.16 bits per heavy atom. The Labute approximate surface area is 119 Å². The van der Waals surface area contributed by atoms with E-state index in [-0.39, 0.29) is 10.6 Å². The minimum atomic E-state index is -0.665. The van der Waals surface area contributed by atoms with E-state index < -0.39 is 11.7 Å². The zero-order valence-corrected chi connectivity index (χ0v) is 11.1. The van der Waals surface area contributed by atoms with Crippen LogP contribution < -0.4 is 11.1 Å². The molecule has 98 valence electrons. The summed E-state index contributed by atoms with van der Waals surface area (Å²) < 4.78 is 13.3. The first-order valence-electron chi connectivity index (χ1n) is 5.29. The van der Waals surface area contributed by atoms with Crippen molar-refractivity contribution in [2.45, 2.75) is 0 Å². The molecule has 0 spiro atoms. The second kappa shape index (κ2) is 5.47. The summed E-state index contributed by atoms with van der Waals surface area (Å²) in [6.45, 7) is 0. The van der Waals surface area contributed by atoms with Crippen LogP contribution in [0.5, 0.6) is 0 Å². The van der Waals surface area contributed by atoms with E-state index in [0.717, 1.165) is 6.07 Å². The largest absolute Gasteiger partial charge is 0.397 e. The fraction of sp³-hybridized carbons (Fsp3) is 0. The first-order valence-corrected chi connectivity index (χ1v) is 6.05. The number of nitrogens with one attached hydrogen (secondary N) is 1. The monoisotopic (exact) mass is 298 g/mol. The summed E-state index contributed by atoms with van der Waals surface area (Å²) in [4.78, 5) is 11.9. The van der Waals surface area contributed by atoms with Crippen LogP contribution >= 0.6 is 23.2 Å². The van der Waals surface area contributed by atoms with Gasteiger partial charge in [-0.1, -0.05) is 29.3 Å². The second-order valence-corrected chi connectivity index (χ2v) is 4.60. The molecular formula is C13H9Cl2FN2O. The molecule has 0 aliphatic heterocycles. The lowest BCUT2D eigenvalue weighted by Crippen LogP contribution is -2.13. The van der Waals surface area contributed by atoms with E-state index in [4.69, 9.17) is 28.9 Å². The molecule has 2 rings (SSSR count). The van der Waals surface area contributed by atoms with Crippen molar-refractivity contribution >= 4 is 40.5 Å². The van der Waals surface area contributed by atoms with Crippen molar-refractivity contribution in [3.8, 4) is 0 Å². The van der Waals surface area contributed by atoms with Crippen LogP contribution in [0.3, 0.4) is 0 Å². The van der Waals surface area contributed by atoms with Crippen molar-refractivity contribution in [1.82, 2.24) is 0 Å². The summed E-state index contributed by atoms with van der Waals surface area (Å²) in [6.07, 6.45) is 0. The third-order valence-corrected chi connectivity index (χ3v) is 3.09. The minimum absolute atomic E-state index is 0.0474. The Hall–Kier alpha value is -1.78. The molecule has 2 aromatic rings. The molecule has 0 heterocycles. The van der Waals surface area contributed by atoms with Crippen LogP contribution in [-0.2, 0) is 0 Å². The van der Waals surface area contributed by atoms with E-state index in [9.17, 15) is 9.18 Å². The molecule has 3 nitrogen and oxygen atoms in total. The molecule has 0 aliphatic rings. The molecule has 1 amide bonds. The van der Waals surface area contributed by atoms with Crippen molar-refractivity contribution in [3.05, 3.63) is 57.8 Å². The van der Waals surface area contributed by atoms with Crippen LogP contribution in [0.1, 0.15) is 10.4 Å². The summed E-state index contributed by atoms with van der Waals surface area (Å²) >= 11 is 11.5. The first-order chi connectivity index (χ1) is 8.99. The van der Waals surface area contributed by atoms with Gasteiger partial charge in [-0.2, -0.15) is 0 Å². The highest BCUT2D eigenvalue weighted by Crippen LogP contribution is 2.28. The van der Waals surface area contributed by atoms with E-state index in [2.05, 4.69) is 5.32 Å². The number of carbonyl (C=O) groups is 1. The third-order valence-electron chi connectivity index (χ3n) is 2.47. The van der Waals surface area contributed by atoms with Crippen LogP contribution in [0.25, 0.3) is 0 Å². The fourth-order valence-electron chi connectivity index (χ4n) is 1.50. The van der Waals surface area contributed by atoms with Crippen molar-refractivity contribution in [3.63, 3.8) is 0 Å². The van der Waals surface area contributed by atoms with Crippen LogP contribution in [0.4, 0.5) is 15.8 Å². The number of halogens is 3. The van der Waals surface area contributed by atoms with Gasteiger partial charge < -0.3 is 11.1 Å². The van der Waals surface area contributed by atoms with E-state index >= 15 is 0 Å². The lowest BCUT2D eigenvalue weighted by atomic mass is 10.2. The van der Waals surface area contributed by atoms with Crippen molar-refractivity contribution in [1.29, 1.82) is 0 Å². The van der Waals surface area contributed by atoms with Gasteiger partial charge in [0.05, 0.1) is 21.4 Å². The molecule has 0 saturated carbocycles. The Balaban J connectivity index is 2.28. The lowest BCUT2D eigenvalue weighted by Gasteiger charge is -2.10. The SMILES string of the molecule is Nc1cccc(Cl)c1NC(=O)c1ccc(Cl)c(F)c1. The van der Waals surface area contributed by atoms with E-state index in [1.54, 1.807) is 18.2 Å². The Kier molecular flexibility index (Phi) is 3.93. The van der Waals surface area contributed by atoms with Gasteiger partial charge in [-0.25, -0.2) is 4.39 Å². The molecule has 0 unspecified atom stereocenters. The first kappa shape index (κ1) is 13.6. The second-order valence-electron chi connectivity index (χ2n) is 3.79. The van der Waals surface area contributed by atoms with Crippen molar-refractivity contribution in [2.24, 2.45) is 0 Å². The highest BCUT2D eigenvalue weighted by atomic mass is 35.5. The number of anilines is 2. The fourth-order valence-corrected chi connectivity index (χ4v) is 1.84. The van der Waals surface area contributed by atoms with E-state index in [0.29, 0.717) is 16.4 Å². The number of nitrogens with two attached hydrogens (primary N) is 1. The predicted octanol–water partition coefficient (Wildman–Crippen LogP) is 3.97. The molecule has 0 atom stereocenters. The molecular weight excluding hydrogens is 290 g/mol. The van der Waals surface area contributed by atoms with Crippen molar-refractivity contribution in [2.75, 3.05) is 11.1 Å². The summed E-state index contributed by atoms with van der Waals surface area (Å²) in [6, 6.07) is 8.62. The molecule has 19 heavy (non-hydrogen) atoms. The molecule has 2 aromatic carbocycles. The van der Waals surface area contributed by atoms with Crippen LogP contribution in [0.2, 0.25) is 10.0 Å². The molecule has 0 aliphatic carbocycles.